The number of benzene rings is 5. The molecule has 4 N–H and O–H groups in total. The van der Waals surface area contributed by atoms with Crippen LogP contribution >= 0.6 is 0 Å². The molecule has 4 nitrogen and oxygen atoms in total. The Kier molecular flexibility index (Phi) is 2.78. The van der Waals surface area contributed by atoms with E-state index in [1.165, 1.54) is 12.1 Å². The van der Waals surface area contributed by atoms with Crippen LogP contribution in [0.4, 0.5) is 0 Å². The van der Waals surface area contributed by atoms with Gasteiger partial charge in [0.15, 0.2) is 23.0 Å². The number of rotatable bonds is 0. The third kappa shape index (κ3) is 1.84. The Labute approximate surface area is 147 Å². The van der Waals surface area contributed by atoms with Crippen molar-refractivity contribution < 1.29 is 20.4 Å². The van der Waals surface area contributed by atoms with Gasteiger partial charge in [0.2, 0.25) is 0 Å². The molecule has 0 atom stereocenters. The van der Waals surface area contributed by atoms with E-state index in [2.05, 4.69) is 6.07 Å². The molecule has 0 amide bonds. The van der Waals surface area contributed by atoms with Gasteiger partial charge < -0.3 is 20.4 Å². The Morgan fingerprint density at radius 2 is 0.808 bits per heavy atom. The van der Waals surface area contributed by atoms with E-state index < -0.39 is 0 Å². The average molecular weight is 342 g/mol. The first-order valence-electron chi connectivity index (χ1n) is 8.19. The molecule has 4 heteroatoms. The van der Waals surface area contributed by atoms with Crippen molar-refractivity contribution in [2.45, 2.75) is 0 Å². The summed E-state index contributed by atoms with van der Waals surface area (Å²) in [6.45, 7) is 0. The number of fused-ring (bicyclic) bond motifs is 6. The van der Waals surface area contributed by atoms with Crippen molar-refractivity contribution in [3.63, 3.8) is 0 Å². The molecule has 26 heavy (non-hydrogen) atoms. The summed E-state index contributed by atoms with van der Waals surface area (Å²) in [6.07, 6.45) is 0. The van der Waals surface area contributed by atoms with Crippen LogP contribution in [0.15, 0.2) is 60.7 Å². The predicted molar refractivity (Wildman–Crippen MR) is 103 cm³/mol. The van der Waals surface area contributed by atoms with E-state index in [0.717, 1.165) is 32.3 Å². The van der Waals surface area contributed by atoms with Gasteiger partial charge in [-0.15, -0.1) is 0 Å². The molecule has 0 saturated carbocycles. The molecule has 0 aromatic heterocycles. The number of phenolic OH excluding ortho intramolecular Hbond substituents is 4. The maximum absolute atomic E-state index is 10.2. The lowest BCUT2D eigenvalue weighted by atomic mass is 9.94. The minimum atomic E-state index is -0.150. The van der Waals surface area contributed by atoms with Crippen molar-refractivity contribution in [3.05, 3.63) is 60.7 Å². The molecular weight excluding hydrogens is 328 g/mol. The highest BCUT2D eigenvalue weighted by Gasteiger charge is 2.12. The van der Waals surface area contributed by atoms with Crippen LogP contribution in [0.1, 0.15) is 0 Å². The average Bonchev–Trinajstić information content (AvgIpc) is 2.65. The molecule has 0 bridgehead atoms. The second-order valence-electron chi connectivity index (χ2n) is 6.48. The van der Waals surface area contributed by atoms with Crippen LogP contribution in [0.2, 0.25) is 0 Å². The van der Waals surface area contributed by atoms with Gasteiger partial charge in [0.05, 0.1) is 0 Å². The first kappa shape index (κ1) is 14.7. The minimum Gasteiger partial charge on any atom is -0.504 e. The van der Waals surface area contributed by atoms with E-state index in [-0.39, 0.29) is 23.0 Å². The number of phenols is 4. The second-order valence-corrected chi connectivity index (χ2v) is 6.48. The molecule has 0 aliphatic rings. The van der Waals surface area contributed by atoms with Gasteiger partial charge in [-0.3, -0.25) is 0 Å². The molecule has 5 aromatic carbocycles. The molecule has 5 rings (SSSR count). The quantitative estimate of drug-likeness (QED) is 0.179. The SMILES string of the molecule is Oc1ccc2c(ccc3cc4ccc5c(O)c(O)ccc5c4cc32)c1O. The largest absolute Gasteiger partial charge is 0.504 e. The number of hydrogen-bond donors (Lipinski definition) is 4. The fraction of sp³-hybridized carbons (Fsp3) is 0. The van der Waals surface area contributed by atoms with Gasteiger partial charge in [-0.05, 0) is 80.8 Å². The summed E-state index contributed by atoms with van der Waals surface area (Å²) >= 11 is 0. The zero-order valence-corrected chi connectivity index (χ0v) is 13.6. The normalized spacial score (nSPS) is 11.7. The second kappa shape index (κ2) is 4.92. The van der Waals surface area contributed by atoms with Crippen LogP contribution in [0, 0.1) is 0 Å². The van der Waals surface area contributed by atoms with Crippen LogP contribution in [-0.2, 0) is 0 Å². The molecule has 0 heterocycles. The Morgan fingerprint density at radius 1 is 0.385 bits per heavy atom. The first-order chi connectivity index (χ1) is 12.5. The third-order valence-corrected chi connectivity index (χ3v) is 5.05. The van der Waals surface area contributed by atoms with Crippen LogP contribution < -0.4 is 0 Å². The maximum atomic E-state index is 10.2. The van der Waals surface area contributed by atoms with Crippen molar-refractivity contribution in [3.8, 4) is 23.0 Å². The van der Waals surface area contributed by atoms with Crippen LogP contribution in [0.25, 0.3) is 43.1 Å². The van der Waals surface area contributed by atoms with Crippen molar-refractivity contribution in [2.75, 3.05) is 0 Å². The molecule has 5 aromatic rings. The summed E-state index contributed by atoms with van der Waals surface area (Å²) in [5.41, 5.74) is 0. The summed E-state index contributed by atoms with van der Waals surface area (Å²) in [4.78, 5) is 0. The zero-order valence-electron chi connectivity index (χ0n) is 13.6. The van der Waals surface area contributed by atoms with E-state index in [9.17, 15) is 20.4 Å². The van der Waals surface area contributed by atoms with Crippen molar-refractivity contribution >= 4 is 43.1 Å². The van der Waals surface area contributed by atoms with Crippen LogP contribution in [0.5, 0.6) is 23.0 Å². The highest BCUT2D eigenvalue weighted by atomic mass is 16.3. The van der Waals surface area contributed by atoms with Gasteiger partial charge in [-0.1, -0.05) is 12.1 Å². The molecule has 0 unspecified atom stereocenters. The van der Waals surface area contributed by atoms with Gasteiger partial charge in [-0.25, -0.2) is 0 Å². The summed E-state index contributed by atoms with van der Waals surface area (Å²) in [6, 6.07) is 18.0. The fourth-order valence-corrected chi connectivity index (χ4v) is 3.72. The van der Waals surface area contributed by atoms with Crippen LogP contribution in [0.3, 0.4) is 0 Å². The lowest BCUT2D eigenvalue weighted by Gasteiger charge is -2.11. The van der Waals surface area contributed by atoms with E-state index in [0.29, 0.717) is 10.8 Å². The highest BCUT2D eigenvalue weighted by Crippen LogP contribution is 2.41. The zero-order chi connectivity index (χ0) is 18.0. The van der Waals surface area contributed by atoms with Crippen LogP contribution in [-0.4, -0.2) is 20.4 Å². The van der Waals surface area contributed by atoms with E-state index >= 15 is 0 Å². The Bertz CT molecular complexity index is 1270. The fourth-order valence-electron chi connectivity index (χ4n) is 3.72. The highest BCUT2D eigenvalue weighted by molar-refractivity contribution is 6.19. The molecule has 0 aliphatic heterocycles. The van der Waals surface area contributed by atoms with E-state index in [1.807, 2.05) is 18.2 Å². The Balaban J connectivity index is 2.00. The number of aromatic hydroxyl groups is 4. The first-order valence-corrected chi connectivity index (χ1v) is 8.19. The lowest BCUT2D eigenvalue weighted by molar-refractivity contribution is 0.408. The van der Waals surface area contributed by atoms with Gasteiger partial charge in [0.1, 0.15) is 0 Å². The van der Waals surface area contributed by atoms with Gasteiger partial charge in [0, 0.05) is 10.8 Å². The van der Waals surface area contributed by atoms with E-state index in [1.54, 1.807) is 24.3 Å². The Morgan fingerprint density at radius 3 is 1.27 bits per heavy atom. The van der Waals surface area contributed by atoms with Gasteiger partial charge in [0.25, 0.3) is 0 Å². The van der Waals surface area contributed by atoms with Crippen molar-refractivity contribution in [2.24, 2.45) is 0 Å². The lowest BCUT2D eigenvalue weighted by Crippen LogP contribution is -1.83. The standard InChI is InChI=1S/C22H14O4/c23-19-7-5-13-15(21(19)25)3-1-11-9-12-2-4-16-14(18(12)10-17(11)13)6-8-20(24)22(16)26/h1-10,23-26H. The van der Waals surface area contributed by atoms with E-state index in [4.69, 9.17) is 0 Å². The summed E-state index contributed by atoms with van der Waals surface area (Å²) in [5.74, 6) is -0.568. The molecule has 126 valence electrons. The Hall–Kier alpha value is -3.66. The monoisotopic (exact) mass is 342 g/mol. The topological polar surface area (TPSA) is 80.9 Å². The van der Waals surface area contributed by atoms with Crippen molar-refractivity contribution in [1.29, 1.82) is 0 Å². The minimum absolute atomic E-state index is 0.134. The molecule has 0 radical (unpaired) electrons. The smallest absolute Gasteiger partial charge is 0.165 e. The summed E-state index contributed by atoms with van der Waals surface area (Å²) < 4.78 is 0. The molecule has 0 spiro atoms. The van der Waals surface area contributed by atoms with Gasteiger partial charge >= 0.3 is 0 Å². The molecular formula is C22H14O4. The summed E-state index contributed by atoms with van der Waals surface area (Å²) in [5, 5.41) is 46.6. The maximum Gasteiger partial charge on any atom is 0.165 e. The van der Waals surface area contributed by atoms with Crippen molar-refractivity contribution in [1.82, 2.24) is 0 Å². The summed E-state index contributed by atoms with van der Waals surface area (Å²) in [7, 11) is 0. The number of hydrogen-bond acceptors (Lipinski definition) is 4. The van der Waals surface area contributed by atoms with Gasteiger partial charge in [-0.2, -0.15) is 0 Å². The third-order valence-electron chi connectivity index (χ3n) is 5.05. The predicted octanol–water partition coefficient (Wildman–Crippen LogP) is 5.12. The molecule has 0 fully saturated rings. The molecule has 0 saturated heterocycles. The molecule has 0 aliphatic carbocycles.